The molecule has 5 aromatic rings. The first-order valence-electron chi connectivity index (χ1n) is 12.1. The van der Waals surface area contributed by atoms with Gasteiger partial charge in [-0.1, -0.05) is 78.3 Å². The Balaban J connectivity index is 1.29. The molecule has 37 heavy (non-hydrogen) atoms. The summed E-state index contributed by atoms with van der Waals surface area (Å²) in [6.45, 7) is 1.19. The molecule has 1 aliphatic heterocycles. The number of hydrogen-bond acceptors (Lipinski definition) is 3. The zero-order valence-electron chi connectivity index (χ0n) is 20.0. The lowest BCUT2D eigenvalue weighted by atomic mass is 10.0. The second kappa shape index (κ2) is 9.88. The number of hydrogen-bond donors (Lipinski definition) is 0. The lowest BCUT2D eigenvalue weighted by Gasteiger charge is -2.23. The summed E-state index contributed by atoms with van der Waals surface area (Å²) in [6, 6.07) is 35.2. The summed E-state index contributed by atoms with van der Waals surface area (Å²) in [5.41, 5.74) is 6.89. The summed E-state index contributed by atoms with van der Waals surface area (Å²) in [5.74, 6) is -0.148. The maximum Gasteiger partial charge on any atom is 0.260 e. The first-order valence-corrected chi connectivity index (χ1v) is 12.4. The molecule has 0 N–H and O–H groups in total. The number of benzene rings is 4. The van der Waals surface area contributed by atoms with E-state index < -0.39 is 0 Å². The van der Waals surface area contributed by atoms with Gasteiger partial charge in [-0.3, -0.25) is 4.79 Å². The van der Waals surface area contributed by atoms with Gasteiger partial charge in [0, 0.05) is 29.7 Å². The minimum absolute atomic E-state index is 0.148. The average Bonchev–Trinajstić information content (AvgIpc) is 3.31. The highest BCUT2D eigenvalue weighted by Crippen LogP contribution is 2.34. The molecular formula is C31H23ClN4O. The van der Waals surface area contributed by atoms with Crippen LogP contribution in [0.5, 0.6) is 0 Å². The molecule has 0 radical (unpaired) electrons. The van der Waals surface area contributed by atoms with Crippen molar-refractivity contribution < 1.29 is 4.79 Å². The number of anilines is 1. The van der Waals surface area contributed by atoms with E-state index in [1.807, 2.05) is 91.1 Å². The molecule has 0 saturated carbocycles. The second-order valence-corrected chi connectivity index (χ2v) is 9.30. The molecule has 0 aliphatic carbocycles. The van der Waals surface area contributed by atoms with E-state index in [-0.39, 0.29) is 5.91 Å². The molecule has 1 aromatic heterocycles. The molecule has 1 aliphatic rings. The Labute approximate surface area is 220 Å². The van der Waals surface area contributed by atoms with E-state index in [4.69, 9.17) is 11.6 Å². The smallest absolute Gasteiger partial charge is 0.260 e. The van der Waals surface area contributed by atoms with E-state index in [1.54, 1.807) is 23.1 Å². The molecule has 0 spiro atoms. The van der Waals surface area contributed by atoms with Gasteiger partial charge < -0.3 is 9.47 Å². The fourth-order valence-corrected chi connectivity index (χ4v) is 4.94. The molecule has 0 unspecified atom stereocenters. The Hall–Kier alpha value is -4.48. The number of azo groups is 1. The lowest BCUT2D eigenvalue weighted by molar-refractivity contribution is 0.0985. The number of carbonyl (C=O) groups is 1. The summed E-state index contributed by atoms with van der Waals surface area (Å²) in [5, 5.41) is 9.25. The second-order valence-electron chi connectivity index (χ2n) is 8.89. The van der Waals surface area contributed by atoms with Crippen LogP contribution in [0.2, 0.25) is 5.02 Å². The van der Waals surface area contributed by atoms with Crippen molar-refractivity contribution in [2.75, 3.05) is 4.90 Å². The highest BCUT2D eigenvalue weighted by Gasteiger charge is 2.26. The SMILES string of the molecule is O=C(c1ccc(N=Nc2ccccc2-c2ccccc2)cc1Cl)N1Cc2cccn2Cc2ccccc21. The zero-order chi connectivity index (χ0) is 25.2. The molecule has 0 saturated heterocycles. The van der Waals surface area contributed by atoms with E-state index in [0.29, 0.717) is 22.8 Å². The molecule has 6 rings (SSSR count). The van der Waals surface area contributed by atoms with Crippen LogP contribution in [0, 0.1) is 0 Å². The third-order valence-corrected chi connectivity index (χ3v) is 6.87. The van der Waals surface area contributed by atoms with E-state index >= 15 is 0 Å². The Morgan fingerprint density at radius 1 is 0.757 bits per heavy atom. The highest BCUT2D eigenvalue weighted by atomic mass is 35.5. The van der Waals surface area contributed by atoms with Gasteiger partial charge in [0.25, 0.3) is 5.91 Å². The van der Waals surface area contributed by atoms with Crippen LogP contribution < -0.4 is 4.90 Å². The molecule has 180 valence electrons. The number of para-hydroxylation sites is 1. The van der Waals surface area contributed by atoms with Gasteiger partial charge in [0.1, 0.15) is 0 Å². The Morgan fingerprint density at radius 2 is 1.54 bits per heavy atom. The fraction of sp³-hybridized carbons (Fsp3) is 0.0645. The monoisotopic (exact) mass is 502 g/mol. The summed E-state index contributed by atoms with van der Waals surface area (Å²) >= 11 is 6.65. The number of halogens is 1. The van der Waals surface area contributed by atoms with E-state index in [9.17, 15) is 4.79 Å². The van der Waals surface area contributed by atoms with Crippen molar-refractivity contribution in [3.05, 3.63) is 137 Å². The zero-order valence-corrected chi connectivity index (χ0v) is 20.7. The van der Waals surface area contributed by atoms with E-state index in [2.05, 4.69) is 20.9 Å². The van der Waals surface area contributed by atoms with Gasteiger partial charge in [0.15, 0.2) is 0 Å². The summed E-state index contributed by atoms with van der Waals surface area (Å²) in [6.07, 6.45) is 2.04. The predicted molar refractivity (Wildman–Crippen MR) is 148 cm³/mol. The van der Waals surface area contributed by atoms with Crippen LogP contribution in [-0.2, 0) is 13.1 Å². The van der Waals surface area contributed by atoms with Gasteiger partial charge in [0.2, 0.25) is 0 Å². The minimum atomic E-state index is -0.148. The fourth-order valence-electron chi connectivity index (χ4n) is 4.69. The topological polar surface area (TPSA) is 50.0 Å². The van der Waals surface area contributed by atoms with Crippen molar-refractivity contribution in [3.8, 4) is 11.1 Å². The van der Waals surface area contributed by atoms with Crippen molar-refractivity contribution in [2.24, 2.45) is 10.2 Å². The molecule has 6 heteroatoms. The van der Waals surface area contributed by atoms with Gasteiger partial charge in [-0.2, -0.15) is 5.11 Å². The van der Waals surface area contributed by atoms with Crippen molar-refractivity contribution in [1.29, 1.82) is 0 Å². The van der Waals surface area contributed by atoms with Crippen LogP contribution in [-0.4, -0.2) is 10.5 Å². The average molecular weight is 503 g/mol. The van der Waals surface area contributed by atoms with Gasteiger partial charge in [-0.25, -0.2) is 0 Å². The van der Waals surface area contributed by atoms with E-state index in [1.165, 1.54) is 0 Å². The van der Waals surface area contributed by atoms with Crippen LogP contribution in [0.1, 0.15) is 21.6 Å². The standard InChI is InChI=1S/C31H23ClN4O/c32-28-19-24(33-34-29-14-6-5-13-26(29)22-9-2-1-3-10-22)16-17-27(28)31(37)36-21-25-12-8-18-35(25)20-23-11-4-7-15-30(23)36/h1-19H,20-21H2. The van der Waals surface area contributed by atoms with E-state index in [0.717, 1.165) is 40.3 Å². The summed E-state index contributed by atoms with van der Waals surface area (Å²) in [4.78, 5) is 15.5. The van der Waals surface area contributed by atoms with Crippen molar-refractivity contribution >= 4 is 34.6 Å². The number of amides is 1. The molecule has 4 aromatic carbocycles. The quantitative estimate of drug-likeness (QED) is 0.227. The summed E-state index contributed by atoms with van der Waals surface area (Å²) in [7, 11) is 0. The third kappa shape index (κ3) is 4.57. The van der Waals surface area contributed by atoms with Crippen LogP contribution in [0.15, 0.2) is 126 Å². The van der Waals surface area contributed by atoms with Gasteiger partial charge in [0.05, 0.1) is 28.5 Å². The number of rotatable bonds is 4. The van der Waals surface area contributed by atoms with Gasteiger partial charge in [-0.15, -0.1) is 5.11 Å². The number of fused-ring (bicyclic) bond motifs is 2. The normalized spacial score (nSPS) is 12.7. The minimum Gasteiger partial charge on any atom is -0.345 e. The van der Waals surface area contributed by atoms with Crippen LogP contribution >= 0.6 is 11.6 Å². The number of carbonyl (C=O) groups excluding carboxylic acids is 1. The Kier molecular flexibility index (Phi) is 6.13. The van der Waals surface area contributed by atoms with Crippen LogP contribution in [0.4, 0.5) is 17.1 Å². The molecule has 5 nitrogen and oxygen atoms in total. The molecule has 0 bridgehead atoms. The Morgan fingerprint density at radius 3 is 2.41 bits per heavy atom. The first kappa shape index (κ1) is 23.0. The molecule has 1 amide bonds. The van der Waals surface area contributed by atoms with Crippen LogP contribution in [0.25, 0.3) is 11.1 Å². The van der Waals surface area contributed by atoms with Crippen molar-refractivity contribution in [1.82, 2.24) is 4.57 Å². The third-order valence-electron chi connectivity index (χ3n) is 6.56. The van der Waals surface area contributed by atoms with Crippen LogP contribution in [0.3, 0.4) is 0 Å². The highest BCUT2D eigenvalue weighted by molar-refractivity contribution is 6.34. The lowest BCUT2D eigenvalue weighted by Crippen LogP contribution is -2.30. The largest absolute Gasteiger partial charge is 0.345 e. The first-order chi connectivity index (χ1) is 18.2. The molecule has 0 fully saturated rings. The van der Waals surface area contributed by atoms with Gasteiger partial charge in [-0.05, 0) is 53.6 Å². The molecular weight excluding hydrogens is 480 g/mol. The van der Waals surface area contributed by atoms with Gasteiger partial charge >= 0.3 is 0 Å². The maximum absolute atomic E-state index is 13.7. The maximum atomic E-state index is 13.7. The molecule has 2 heterocycles. The van der Waals surface area contributed by atoms with Crippen molar-refractivity contribution in [2.45, 2.75) is 13.1 Å². The van der Waals surface area contributed by atoms with Crippen molar-refractivity contribution in [3.63, 3.8) is 0 Å². The predicted octanol–water partition coefficient (Wildman–Crippen LogP) is 8.43. The Bertz CT molecular complexity index is 1620. The number of nitrogens with zero attached hydrogens (tertiary/aromatic N) is 4. The summed E-state index contributed by atoms with van der Waals surface area (Å²) < 4.78 is 2.17. The molecule has 0 atom stereocenters. The number of aromatic nitrogens is 1.